The van der Waals surface area contributed by atoms with Gasteiger partial charge in [-0.05, 0) is 50.7 Å². The van der Waals surface area contributed by atoms with Crippen LogP contribution in [0.15, 0.2) is 36.4 Å². The summed E-state index contributed by atoms with van der Waals surface area (Å²) < 4.78 is 1.31. The van der Waals surface area contributed by atoms with Gasteiger partial charge in [-0.2, -0.15) is 0 Å². The number of aliphatic hydroxyl groups is 1. The van der Waals surface area contributed by atoms with Crippen LogP contribution in [0, 0.1) is 0 Å². The summed E-state index contributed by atoms with van der Waals surface area (Å²) in [6.07, 6.45) is 19.8. The van der Waals surface area contributed by atoms with Crippen LogP contribution in [0.25, 0.3) is 10.2 Å². The number of hydrogen-bond acceptors (Lipinski definition) is 3. The molecular formula is C24H37NOS. The van der Waals surface area contributed by atoms with Gasteiger partial charge in [-0.15, -0.1) is 11.3 Å². The quantitative estimate of drug-likeness (QED) is 0.254. The van der Waals surface area contributed by atoms with E-state index in [4.69, 9.17) is 4.98 Å². The van der Waals surface area contributed by atoms with Crippen LogP contribution in [0.3, 0.4) is 0 Å². The van der Waals surface area contributed by atoms with Crippen LogP contribution >= 0.6 is 11.3 Å². The Bertz CT molecular complexity index is 616. The normalized spacial score (nSPS) is 13.0. The molecule has 1 atom stereocenters. The molecule has 27 heavy (non-hydrogen) atoms. The number of para-hydroxylation sites is 1. The van der Waals surface area contributed by atoms with E-state index in [9.17, 15) is 5.11 Å². The van der Waals surface area contributed by atoms with Crippen molar-refractivity contribution in [1.29, 1.82) is 0 Å². The first kappa shape index (κ1) is 22.1. The van der Waals surface area contributed by atoms with E-state index >= 15 is 0 Å². The molecule has 0 saturated carbocycles. The molecule has 0 bridgehead atoms. The van der Waals surface area contributed by atoms with E-state index in [1.54, 1.807) is 0 Å². The van der Waals surface area contributed by atoms with E-state index in [-0.39, 0.29) is 6.10 Å². The fourth-order valence-corrected chi connectivity index (χ4v) is 4.40. The zero-order valence-electron chi connectivity index (χ0n) is 17.0. The lowest BCUT2D eigenvalue weighted by atomic mass is 10.1. The molecule has 2 rings (SSSR count). The average molecular weight is 388 g/mol. The molecule has 0 saturated heterocycles. The van der Waals surface area contributed by atoms with Gasteiger partial charge in [0.25, 0.3) is 0 Å². The standard InChI is InChI=1S/C24H37NOS/c1-2-3-4-11-16-21(26)17-12-9-7-5-6-8-10-13-20-24-25-22-18-14-15-19-23(22)27-24/h9,12,14-15,18-19,21,26H,2-8,10-11,13,16-17,20H2,1H3/b12-9-/t21-/m1/s1. The second-order valence-corrected chi connectivity index (χ2v) is 8.71. The van der Waals surface area contributed by atoms with Crippen molar-refractivity contribution >= 4 is 21.6 Å². The second-order valence-electron chi connectivity index (χ2n) is 7.59. The fraction of sp³-hybridized carbons (Fsp3) is 0.625. The Morgan fingerprint density at radius 2 is 1.74 bits per heavy atom. The first-order chi connectivity index (χ1) is 13.3. The van der Waals surface area contributed by atoms with Gasteiger partial charge < -0.3 is 5.11 Å². The third-order valence-electron chi connectivity index (χ3n) is 5.07. The molecule has 0 spiro atoms. The number of benzene rings is 1. The van der Waals surface area contributed by atoms with Crippen molar-refractivity contribution in [1.82, 2.24) is 4.98 Å². The van der Waals surface area contributed by atoms with Gasteiger partial charge in [-0.25, -0.2) is 4.98 Å². The van der Waals surface area contributed by atoms with Crippen molar-refractivity contribution < 1.29 is 5.11 Å². The number of allylic oxidation sites excluding steroid dienone is 1. The Morgan fingerprint density at radius 3 is 2.59 bits per heavy atom. The summed E-state index contributed by atoms with van der Waals surface area (Å²) in [6, 6.07) is 8.42. The highest BCUT2D eigenvalue weighted by Gasteiger charge is 2.03. The van der Waals surface area contributed by atoms with Crippen LogP contribution in [0.1, 0.15) is 89.0 Å². The highest BCUT2D eigenvalue weighted by molar-refractivity contribution is 7.18. The molecule has 150 valence electrons. The van der Waals surface area contributed by atoms with E-state index in [1.807, 2.05) is 11.3 Å². The van der Waals surface area contributed by atoms with Gasteiger partial charge >= 0.3 is 0 Å². The molecule has 2 aromatic rings. The van der Waals surface area contributed by atoms with E-state index in [2.05, 4.69) is 43.3 Å². The number of hydrogen-bond donors (Lipinski definition) is 1. The summed E-state index contributed by atoms with van der Waals surface area (Å²) in [5, 5.41) is 11.2. The monoisotopic (exact) mass is 387 g/mol. The van der Waals surface area contributed by atoms with E-state index in [1.165, 1.54) is 67.5 Å². The number of thiazole rings is 1. The van der Waals surface area contributed by atoms with E-state index < -0.39 is 0 Å². The molecular weight excluding hydrogens is 350 g/mol. The van der Waals surface area contributed by atoms with Crippen molar-refractivity contribution in [3.8, 4) is 0 Å². The van der Waals surface area contributed by atoms with Gasteiger partial charge in [0.05, 0.1) is 21.3 Å². The van der Waals surface area contributed by atoms with Crippen molar-refractivity contribution in [3.63, 3.8) is 0 Å². The number of aromatic nitrogens is 1. The summed E-state index contributed by atoms with van der Waals surface area (Å²) in [7, 11) is 0. The number of aliphatic hydroxyl groups excluding tert-OH is 1. The molecule has 0 unspecified atom stereocenters. The minimum Gasteiger partial charge on any atom is -0.393 e. The maximum Gasteiger partial charge on any atom is 0.0938 e. The molecule has 3 heteroatoms. The van der Waals surface area contributed by atoms with Crippen LogP contribution in [0.2, 0.25) is 0 Å². The predicted octanol–water partition coefficient (Wildman–Crippen LogP) is 7.46. The van der Waals surface area contributed by atoms with Crippen LogP contribution in [0.5, 0.6) is 0 Å². The Balaban J connectivity index is 1.42. The number of nitrogens with zero attached hydrogens (tertiary/aromatic N) is 1. The summed E-state index contributed by atoms with van der Waals surface area (Å²) >= 11 is 1.84. The van der Waals surface area contributed by atoms with Crippen LogP contribution < -0.4 is 0 Å². The van der Waals surface area contributed by atoms with Gasteiger partial charge in [0.2, 0.25) is 0 Å². The zero-order chi connectivity index (χ0) is 19.2. The average Bonchev–Trinajstić information content (AvgIpc) is 3.09. The van der Waals surface area contributed by atoms with Gasteiger partial charge in [-0.1, -0.05) is 76.2 Å². The minimum atomic E-state index is -0.138. The molecule has 1 heterocycles. The predicted molar refractivity (Wildman–Crippen MR) is 120 cm³/mol. The third-order valence-corrected chi connectivity index (χ3v) is 6.16. The summed E-state index contributed by atoms with van der Waals surface area (Å²) in [4.78, 5) is 4.71. The van der Waals surface area contributed by atoms with Gasteiger partial charge in [0, 0.05) is 0 Å². The largest absolute Gasteiger partial charge is 0.393 e. The van der Waals surface area contributed by atoms with Crippen LogP contribution in [0.4, 0.5) is 0 Å². The molecule has 1 N–H and O–H groups in total. The number of fused-ring (bicyclic) bond motifs is 1. The number of aryl methyl sites for hydroxylation is 1. The molecule has 0 aliphatic carbocycles. The highest BCUT2D eigenvalue weighted by atomic mass is 32.1. The number of rotatable bonds is 15. The maximum absolute atomic E-state index is 9.93. The van der Waals surface area contributed by atoms with E-state index in [0.717, 1.165) is 31.2 Å². The second kappa shape index (κ2) is 13.9. The Hall–Kier alpha value is -1.19. The minimum absolute atomic E-state index is 0.138. The molecule has 2 nitrogen and oxygen atoms in total. The lowest BCUT2D eigenvalue weighted by Gasteiger charge is -2.07. The lowest BCUT2D eigenvalue weighted by Crippen LogP contribution is -2.04. The van der Waals surface area contributed by atoms with Gasteiger partial charge in [-0.3, -0.25) is 0 Å². The summed E-state index contributed by atoms with van der Waals surface area (Å²) in [5.74, 6) is 0. The Kier molecular flexibility index (Phi) is 11.4. The molecule has 0 aliphatic heterocycles. The van der Waals surface area contributed by atoms with Crippen molar-refractivity contribution in [2.75, 3.05) is 0 Å². The third kappa shape index (κ3) is 9.53. The molecule has 0 amide bonds. The topological polar surface area (TPSA) is 33.1 Å². The summed E-state index contributed by atoms with van der Waals surface area (Å²) in [5.41, 5.74) is 1.15. The Morgan fingerprint density at radius 1 is 0.963 bits per heavy atom. The zero-order valence-corrected chi connectivity index (χ0v) is 17.9. The molecule has 1 aromatic heterocycles. The molecule has 0 aliphatic rings. The maximum atomic E-state index is 9.93. The van der Waals surface area contributed by atoms with Gasteiger partial charge in [0.1, 0.15) is 0 Å². The first-order valence-corrected chi connectivity index (χ1v) is 11.8. The first-order valence-electron chi connectivity index (χ1n) is 11.0. The smallest absolute Gasteiger partial charge is 0.0938 e. The van der Waals surface area contributed by atoms with Crippen LogP contribution in [-0.4, -0.2) is 16.2 Å². The molecule has 0 fully saturated rings. The fourth-order valence-electron chi connectivity index (χ4n) is 3.39. The molecule has 0 radical (unpaired) electrons. The highest BCUT2D eigenvalue weighted by Crippen LogP contribution is 2.23. The Labute approximate surface area is 169 Å². The van der Waals surface area contributed by atoms with Crippen molar-refractivity contribution in [2.45, 2.75) is 96.5 Å². The summed E-state index contributed by atoms with van der Waals surface area (Å²) in [6.45, 7) is 2.22. The molecule has 1 aromatic carbocycles. The number of unbranched alkanes of at least 4 members (excludes halogenated alkanes) is 8. The van der Waals surface area contributed by atoms with Crippen LogP contribution in [-0.2, 0) is 6.42 Å². The van der Waals surface area contributed by atoms with Gasteiger partial charge in [0.15, 0.2) is 0 Å². The SMILES string of the molecule is CCCCCC[C@@H](O)C/C=C\CCCCCCCc1nc2ccccc2s1. The van der Waals surface area contributed by atoms with Crippen molar-refractivity contribution in [2.24, 2.45) is 0 Å². The lowest BCUT2D eigenvalue weighted by molar-refractivity contribution is 0.163. The van der Waals surface area contributed by atoms with Crippen molar-refractivity contribution in [3.05, 3.63) is 41.4 Å². The van der Waals surface area contributed by atoms with E-state index in [0.29, 0.717) is 0 Å².